The van der Waals surface area contributed by atoms with Gasteiger partial charge in [-0.3, -0.25) is 0 Å². The summed E-state index contributed by atoms with van der Waals surface area (Å²) in [6.07, 6.45) is 5.62. The summed E-state index contributed by atoms with van der Waals surface area (Å²) in [4.78, 5) is 20.9. The van der Waals surface area contributed by atoms with Crippen molar-refractivity contribution in [3.63, 3.8) is 0 Å². The summed E-state index contributed by atoms with van der Waals surface area (Å²) >= 11 is -0.419. The number of rotatable bonds is 8. The Kier molecular flexibility index (Phi) is 8.09. The molecule has 0 amide bonds. The first-order chi connectivity index (χ1) is 16.5. The summed E-state index contributed by atoms with van der Waals surface area (Å²) in [5, 5.41) is 3.77. The molecule has 0 radical (unpaired) electrons. The number of carbonyl (C=O) groups is 1. The molecule has 2 aliphatic rings. The fourth-order valence-corrected chi connectivity index (χ4v) is 8.96. The maximum absolute atomic E-state index is 11.8. The summed E-state index contributed by atoms with van der Waals surface area (Å²) in [5.74, 6) is 0.955. The van der Waals surface area contributed by atoms with Crippen LogP contribution in [0.25, 0.3) is 0 Å². The molecule has 6 nitrogen and oxygen atoms in total. The zero-order valence-corrected chi connectivity index (χ0v) is 25.0. The number of fused-ring (bicyclic) bond motifs is 1. The minimum atomic E-state index is -1.82. The van der Waals surface area contributed by atoms with Gasteiger partial charge in [-0.15, -0.1) is 0 Å². The standard InChI is InChI=1S/C27H40AsN3O3Si/c1-18(32)34-24-14-19(16-33-35(5,6)27(2,3)4)13-23(24)31-26-15-25(29-17-30-26)28-22-12-11-20-9-7-8-10-21(20)22/h7-10,15,17,19,22-24,28H,11-14,16H2,1-6H3,(H,29,30,31)/t19-,22-,23-,24+/m0/s1. The van der Waals surface area contributed by atoms with E-state index in [2.05, 4.69) is 79.5 Å². The number of carbonyl (C=O) groups excluding carboxylic acids is 1. The molecular formula is C27H40AsN3O3Si. The second-order valence-electron chi connectivity index (χ2n) is 11.5. The summed E-state index contributed by atoms with van der Waals surface area (Å²) < 4.78 is 14.0. The van der Waals surface area contributed by atoms with Crippen LogP contribution in [0.5, 0.6) is 0 Å². The first-order valence-corrected chi connectivity index (χ1v) is 17.9. The molecule has 2 aliphatic carbocycles. The number of anilines is 1. The summed E-state index contributed by atoms with van der Waals surface area (Å²) in [5.41, 5.74) is 3.01. The Balaban J connectivity index is 1.41. The molecule has 1 heterocycles. The predicted octanol–water partition coefficient (Wildman–Crippen LogP) is 4.37. The molecule has 0 aliphatic heterocycles. The molecule has 1 saturated carbocycles. The van der Waals surface area contributed by atoms with Crippen LogP contribution in [-0.4, -0.2) is 58.8 Å². The van der Waals surface area contributed by atoms with Crippen molar-refractivity contribution >= 4 is 40.3 Å². The molecule has 1 fully saturated rings. The van der Waals surface area contributed by atoms with E-state index in [0.29, 0.717) is 10.6 Å². The topological polar surface area (TPSA) is 73.3 Å². The number of aromatic nitrogens is 2. The average molecular weight is 558 g/mol. The van der Waals surface area contributed by atoms with E-state index in [-0.39, 0.29) is 23.2 Å². The fraction of sp³-hybridized carbons (Fsp3) is 0.593. The average Bonchev–Trinajstić information content (AvgIpc) is 3.35. The van der Waals surface area contributed by atoms with Crippen molar-refractivity contribution in [2.75, 3.05) is 11.9 Å². The Morgan fingerprint density at radius 3 is 2.71 bits per heavy atom. The number of nitrogens with one attached hydrogen (secondary N) is 1. The number of hydrogen-bond acceptors (Lipinski definition) is 6. The Hall–Kier alpha value is -1.69. The van der Waals surface area contributed by atoms with Crippen LogP contribution in [0.4, 0.5) is 5.82 Å². The second kappa shape index (κ2) is 10.7. The van der Waals surface area contributed by atoms with Gasteiger partial charge in [-0.1, -0.05) is 0 Å². The van der Waals surface area contributed by atoms with Crippen LogP contribution >= 0.6 is 0 Å². The molecule has 1 aromatic heterocycles. The number of benzene rings is 1. The normalized spacial score (nSPS) is 24.6. The van der Waals surface area contributed by atoms with E-state index in [1.165, 1.54) is 35.4 Å². The summed E-state index contributed by atoms with van der Waals surface area (Å²) in [6, 6.07) is 11.0. The molecule has 8 heteroatoms. The van der Waals surface area contributed by atoms with Crippen LogP contribution in [0.2, 0.25) is 18.1 Å². The molecule has 5 atom stereocenters. The van der Waals surface area contributed by atoms with Crippen molar-refractivity contribution in [1.82, 2.24) is 9.97 Å². The van der Waals surface area contributed by atoms with E-state index in [4.69, 9.17) is 9.16 Å². The van der Waals surface area contributed by atoms with Gasteiger partial charge in [0, 0.05) is 0 Å². The van der Waals surface area contributed by atoms with Gasteiger partial charge in [0.25, 0.3) is 0 Å². The van der Waals surface area contributed by atoms with Crippen LogP contribution in [0.15, 0.2) is 36.7 Å². The van der Waals surface area contributed by atoms with Crippen molar-refractivity contribution < 1.29 is 14.0 Å². The number of nitrogens with zero attached hydrogens (tertiary/aromatic N) is 2. The SMILES string of the molecule is CC(=O)O[C@@H]1C[C@@H](CO[Si](C)(C)C(C)(C)C)C[C@@H]1Nc1cc([AsH][C@H]2CCc3ccccc32)ncn1. The Bertz CT molecular complexity index is 1040. The second-order valence-corrected chi connectivity index (χ2v) is 19.5. The molecule has 190 valence electrons. The quantitative estimate of drug-likeness (QED) is 0.384. The zero-order chi connectivity index (χ0) is 25.2. The van der Waals surface area contributed by atoms with E-state index >= 15 is 0 Å². The predicted molar refractivity (Wildman–Crippen MR) is 145 cm³/mol. The molecule has 0 saturated heterocycles. The van der Waals surface area contributed by atoms with Crippen LogP contribution in [0, 0.1) is 5.92 Å². The van der Waals surface area contributed by atoms with Crippen LogP contribution in [0.1, 0.15) is 62.8 Å². The molecule has 0 bridgehead atoms. The van der Waals surface area contributed by atoms with Gasteiger partial charge in [0.1, 0.15) is 0 Å². The Morgan fingerprint density at radius 1 is 1.20 bits per heavy atom. The molecular weight excluding hydrogens is 517 g/mol. The van der Waals surface area contributed by atoms with E-state index in [9.17, 15) is 4.79 Å². The van der Waals surface area contributed by atoms with Gasteiger partial charge in [0.2, 0.25) is 0 Å². The van der Waals surface area contributed by atoms with Crippen molar-refractivity contribution in [2.45, 2.75) is 88.4 Å². The van der Waals surface area contributed by atoms with Gasteiger partial charge < -0.3 is 0 Å². The van der Waals surface area contributed by atoms with Gasteiger partial charge in [0.05, 0.1) is 0 Å². The van der Waals surface area contributed by atoms with Crippen LogP contribution < -0.4 is 9.80 Å². The molecule has 0 spiro atoms. The third kappa shape index (κ3) is 6.55. The third-order valence-corrected chi connectivity index (χ3v) is 15.5. The number of ether oxygens (including phenoxy) is 1. The van der Waals surface area contributed by atoms with Gasteiger partial charge in [-0.25, -0.2) is 0 Å². The first-order valence-electron chi connectivity index (χ1n) is 12.8. The third-order valence-electron chi connectivity index (χ3n) is 7.86. The Labute approximate surface area is 217 Å². The molecule has 4 rings (SSSR count). The monoisotopic (exact) mass is 557 g/mol. The summed E-state index contributed by atoms with van der Waals surface area (Å²) in [6.45, 7) is 13.6. The number of hydrogen-bond donors (Lipinski definition) is 1. The molecule has 2 aromatic rings. The van der Waals surface area contributed by atoms with E-state index in [0.717, 1.165) is 25.3 Å². The number of esters is 1. The Morgan fingerprint density at radius 2 is 1.97 bits per heavy atom. The van der Waals surface area contributed by atoms with E-state index in [1.54, 1.807) is 6.33 Å². The van der Waals surface area contributed by atoms with Crippen molar-refractivity contribution in [3.8, 4) is 0 Å². The van der Waals surface area contributed by atoms with E-state index in [1.807, 2.05) is 0 Å². The van der Waals surface area contributed by atoms with Crippen molar-refractivity contribution in [1.29, 1.82) is 0 Å². The minimum absolute atomic E-state index is 0.0295. The van der Waals surface area contributed by atoms with Gasteiger partial charge in [-0.05, 0) is 0 Å². The van der Waals surface area contributed by atoms with Gasteiger partial charge in [-0.2, -0.15) is 0 Å². The van der Waals surface area contributed by atoms with Gasteiger partial charge in [0.15, 0.2) is 0 Å². The summed E-state index contributed by atoms with van der Waals surface area (Å²) in [7, 11) is -1.82. The number of aryl methyl sites for hydroxylation is 1. The molecule has 1 aromatic carbocycles. The molecule has 35 heavy (non-hydrogen) atoms. The fourth-order valence-electron chi connectivity index (χ4n) is 4.86. The van der Waals surface area contributed by atoms with Crippen molar-refractivity contribution in [2.24, 2.45) is 5.92 Å². The molecule has 1 N–H and O–H groups in total. The maximum atomic E-state index is 11.8. The van der Waals surface area contributed by atoms with Crippen LogP contribution in [0.3, 0.4) is 0 Å². The first kappa shape index (κ1) is 26.4. The van der Waals surface area contributed by atoms with Gasteiger partial charge >= 0.3 is 218 Å². The zero-order valence-electron chi connectivity index (χ0n) is 21.9. The van der Waals surface area contributed by atoms with Crippen molar-refractivity contribution in [3.05, 3.63) is 47.8 Å². The molecule has 1 unspecified atom stereocenters. The van der Waals surface area contributed by atoms with Crippen LogP contribution in [-0.2, 0) is 20.4 Å². The van der Waals surface area contributed by atoms with E-state index < -0.39 is 24.1 Å².